The highest BCUT2D eigenvalue weighted by Gasteiger charge is 2.24. The fourth-order valence-corrected chi connectivity index (χ4v) is 2.96. The topological polar surface area (TPSA) is 32.3 Å². The smallest absolute Gasteiger partial charge is 0.224 e. The maximum atomic E-state index is 13.6. The molecule has 1 aromatic rings. The first-order chi connectivity index (χ1) is 9.45. The number of halogens is 2. The number of nitrogens with zero attached hydrogens (tertiary/aromatic N) is 1. The SMILES string of the molecule is C[C@H]1C[C@@H](NC(=O)Cc2cc(Br)ccc2F)CCN1C. The number of nitrogens with one attached hydrogen (secondary N) is 1. The molecule has 1 heterocycles. The monoisotopic (exact) mass is 342 g/mol. The van der Waals surface area contributed by atoms with Crippen molar-refractivity contribution in [3.63, 3.8) is 0 Å². The van der Waals surface area contributed by atoms with Gasteiger partial charge >= 0.3 is 0 Å². The maximum absolute atomic E-state index is 13.6. The molecular formula is C15H20BrFN2O. The normalized spacial score (nSPS) is 23.6. The highest BCUT2D eigenvalue weighted by molar-refractivity contribution is 9.10. The Kier molecular flexibility index (Phi) is 5.16. The van der Waals surface area contributed by atoms with Gasteiger partial charge in [0.1, 0.15) is 5.82 Å². The van der Waals surface area contributed by atoms with Crippen molar-refractivity contribution in [1.29, 1.82) is 0 Å². The van der Waals surface area contributed by atoms with Crippen LogP contribution < -0.4 is 5.32 Å². The molecule has 1 aromatic carbocycles. The zero-order valence-electron chi connectivity index (χ0n) is 11.8. The molecule has 0 radical (unpaired) electrons. The minimum Gasteiger partial charge on any atom is -0.353 e. The first-order valence-corrected chi connectivity index (χ1v) is 7.68. The number of benzene rings is 1. The van der Waals surface area contributed by atoms with E-state index >= 15 is 0 Å². The second kappa shape index (κ2) is 6.68. The zero-order chi connectivity index (χ0) is 14.7. The minimum absolute atomic E-state index is 0.0893. The first kappa shape index (κ1) is 15.4. The second-order valence-electron chi connectivity index (χ2n) is 5.53. The van der Waals surface area contributed by atoms with E-state index in [0.29, 0.717) is 11.6 Å². The van der Waals surface area contributed by atoms with Gasteiger partial charge in [-0.3, -0.25) is 4.79 Å². The summed E-state index contributed by atoms with van der Waals surface area (Å²) >= 11 is 3.30. The Balaban J connectivity index is 1.91. The van der Waals surface area contributed by atoms with Gasteiger partial charge in [0.05, 0.1) is 6.42 Å². The molecule has 0 aromatic heterocycles. The van der Waals surface area contributed by atoms with E-state index < -0.39 is 0 Å². The molecule has 0 bridgehead atoms. The van der Waals surface area contributed by atoms with E-state index in [-0.39, 0.29) is 24.2 Å². The van der Waals surface area contributed by atoms with Gasteiger partial charge in [-0.05, 0) is 50.6 Å². The lowest BCUT2D eigenvalue weighted by molar-refractivity contribution is -0.121. The molecule has 1 amide bonds. The summed E-state index contributed by atoms with van der Waals surface area (Å²) in [5.74, 6) is -0.441. The van der Waals surface area contributed by atoms with Crippen molar-refractivity contribution in [3.05, 3.63) is 34.1 Å². The maximum Gasteiger partial charge on any atom is 0.224 e. The molecule has 0 aliphatic carbocycles. The van der Waals surface area contributed by atoms with E-state index in [1.165, 1.54) is 6.07 Å². The largest absolute Gasteiger partial charge is 0.353 e. The van der Waals surface area contributed by atoms with Crippen LogP contribution in [0.1, 0.15) is 25.3 Å². The van der Waals surface area contributed by atoms with Crippen molar-refractivity contribution < 1.29 is 9.18 Å². The molecule has 110 valence electrons. The molecule has 2 rings (SSSR count). The predicted molar refractivity (Wildman–Crippen MR) is 81.1 cm³/mol. The van der Waals surface area contributed by atoms with Gasteiger partial charge < -0.3 is 10.2 Å². The molecule has 1 aliphatic heterocycles. The lowest BCUT2D eigenvalue weighted by Gasteiger charge is -2.35. The number of piperidine rings is 1. The number of hydrogen-bond acceptors (Lipinski definition) is 2. The van der Waals surface area contributed by atoms with Crippen LogP contribution in [-0.4, -0.2) is 36.5 Å². The molecule has 1 N–H and O–H groups in total. The van der Waals surface area contributed by atoms with E-state index in [1.807, 2.05) is 0 Å². The van der Waals surface area contributed by atoms with Crippen LogP contribution in [0.25, 0.3) is 0 Å². The molecule has 3 nitrogen and oxygen atoms in total. The van der Waals surface area contributed by atoms with E-state index in [0.717, 1.165) is 23.9 Å². The van der Waals surface area contributed by atoms with Crippen molar-refractivity contribution in [1.82, 2.24) is 10.2 Å². The fourth-order valence-electron chi connectivity index (χ4n) is 2.55. The summed E-state index contributed by atoms with van der Waals surface area (Å²) in [4.78, 5) is 14.3. The van der Waals surface area contributed by atoms with Crippen molar-refractivity contribution >= 4 is 21.8 Å². The van der Waals surface area contributed by atoms with Crippen LogP contribution in [0.15, 0.2) is 22.7 Å². The summed E-state index contributed by atoms with van der Waals surface area (Å²) in [6.07, 6.45) is 1.99. The van der Waals surface area contributed by atoms with E-state index in [4.69, 9.17) is 0 Å². The number of amides is 1. The van der Waals surface area contributed by atoms with E-state index in [9.17, 15) is 9.18 Å². The van der Waals surface area contributed by atoms with Crippen molar-refractivity contribution in [3.8, 4) is 0 Å². The molecule has 20 heavy (non-hydrogen) atoms. The number of carbonyl (C=O) groups excluding carboxylic acids is 1. The fraction of sp³-hybridized carbons (Fsp3) is 0.533. The highest BCUT2D eigenvalue weighted by Crippen LogP contribution is 2.18. The third kappa shape index (κ3) is 4.03. The predicted octanol–water partition coefficient (Wildman–Crippen LogP) is 2.73. The first-order valence-electron chi connectivity index (χ1n) is 6.89. The molecule has 1 saturated heterocycles. The quantitative estimate of drug-likeness (QED) is 0.915. The van der Waals surface area contributed by atoms with E-state index in [1.54, 1.807) is 12.1 Å². The summed E-state index contributed by atoms with van der Waals surface area (Å²) in [6.45, 7) is 3.14. The lowest BCUT2D eigenvalue weighted by atomic mass is 9.98. The zero-order valence-corrected chi connectivity index (χ0v) is 13.4. The average molecular weight is 343 g/mol. The Morgan fingerprint density at radius 1 is 1.55 bits per heavy atom. The Morgan fingerprint density at radius 3 is 3.00 bits per heavy atom. The van der Waals surface area contributed by atoms with Crippen molar-refractivity contribution in [2.75, 3.05) is 13.6 Å². The van der Waals surface area contributed by atoms with Gasteiger partial charge in [0.15, 0.2) is 0 Å². The number of rotatable bonds is 3. The summed E-state index contributed by atoms with van der Waals surface area (Å²) in [5, 5.41) is 3.02. The number of hydrogen-bond donors (Lipinski definition) is 1. The second-order valence-corrected chi connectivity index (χ2v) is 6.45. The Hall–Kier alpha value is -0.940. The average Bonchev–Trinajstić information content (AvgIpc) is 2.38. The third-order valence-electron chi connectivity index (χ3n) is 3.93. The van der Waals surface area contributed by atoms with E-state index in [2.05, 4.69) is 40.1 Å². The molecule has 1 aliphatic rings. The molecule has 0 spiro atoms. The van der Waals surface area contributed by atoms with Crippen LogP contribution in [0.3, 0.4) is 0 Å². The minimum atomic E-state index is -0.333. The van der Waals surface area contributed by atoms with Gasteiger partial charge in [0.25, 0.3) is 0 Å². The van der Waals surface area contributed by atoms with Crippen LogP contribution in [-0.2, 0) is 11.2 Å². The van der Waals surface area contributed by atoms with Gasteiger partial charge in [0, 0.05) is 23.1 Å². The summed E-state index contributed by atoms with van der Waals surface area (Å²) < 4.78 is 14.4. The van der Waals surface area contributed by atoms with Crippen LogP contribution >= 0.6 is 15.9 Å². The molecule has 5 heteroatoms. The summed E-state index contributed by atoms with van der Waals surface area (Å²) in [7, 11) is 2.10. The summed E-state index contributed by atoms with van der Waals surface area (Å²) in [6, 6.07) is 5.34. The highest BCUT2D eigenvalue weighted by atomic mass is 79.9. The van der Waals surface area contributed by atoms with Gasteiger partial charge in [-0.1, -0.05) is 15.9 Å². The Bertz CT molecular complexity index is 495. The standard InChI is InChI=1S/C15H20BrFN2O/c1-10-7-13(5-6-19(10)2)18-15(20)9-11-8-12(16)3-4-14(11)17/h3-4,8,10,13H,5-7,9H2,1-2H3,(H,18,20)/t10-,13-/m0/s1. The molecule has 0 unspecified atom stereocenters. The third-order valence-corrected chi connectivity index (χ3v) is 4.43. The van der Waals surface area contributed by atoms with Crippen molar-refractivity contribution in [2.45, 2.75) is 38.3 Å². The van der Waals surface area contributed by atoms with Crippen LogP contribution in [0, 0.1) is 5.82 Å². The lowest BCUT2D eigenvalue weighted by Crippen LogP contribution is -2.47. The Morgan fingerprint density at radius 2 is 2.30 bits per heavy atom. The molecule has 0 saturated carbocycles. The van der Waals surface area contributed by atoms with Gasteiger partial charge in [-0.2, -0.15) is 0 Å². The summed E-state index contributed by atoms with van der Waals surface area (Å²) in [5.41, 5.74) is 0.429. The van der Waals surface area contributed by atoms with Crippen LogP contribution in [0.4, 0.5) is 4.39 Å². The van der Waals surface area contributed by atoms with Gasteiger partial charge in [-0.25, -0.2) is 4.39 Å². The van der Waals surface area contributed by atoms with Gasteiger partial charge in [-0.15, -0.1) is 0 Å². The van der Waals surface area contributed by atoms with Crippen LogP contribution in [0.5, 0.6) is 0 Å². The number of likely N-dealkylation sites (tertiary alicyclic amines) is 1. The van der Waals surface area contributed by atoms with Gasteiger partial charge in [0.2, 0.25) is 5.91 Å². The van der Waals surface area contributed by atoms with Crippen molar-refractivity contribution in [2.24, 2.45) is 0 Å². The van der Waals surface area contributed by atoms with Crippen LogP contribution in [0.2, 0.25) is 0 Å². The molecule has 2 atom stereocenters. The molecular weight excluding hydrogens is 323 g/mol. The Labute approximate surface area is 127 Å². The molecule has 1 fully saturated rings. The number of carbonyl (C=O) groups is 1.